The van der Waals surface area contributed by atoms with E-state index in [2.05, 4.69) is 83.1 Å². The van der Waals surface area contributed by atoms with E-state index in [0.29, 0.717) is 17.3 Å². The van der Waals surface area contributed by atoms with Crippen molar-refractivity contribution in [3.05, 3.63) is 44.6 Å². The molecule has 0 saturated carbocycles. The highest BCUT2D eigenvalue weighted by atomic mass is 14.4. The summed E-state index contributed by atoms with van der Waals surface area (Å²) in [5, 5.41) is 0. The first-order chi connectivity index (χ1) is 13.9. The number of hydrogen-bond donors (Lipinski definition) is 0. The SMILES string of the molecule is CCC(CC1=C(C)C(C)C(C)=C1C)CC(C)(C)C(CC)CC1=C(C)C(C)=C(C)C1C. The Morgan fingerprint density at radius 1 is 0.700 bits per heavy atom. The number of hydrogen-bond acceptors (Lipinski definition) is 0. The molecule has 0 amide bonds. The molecule has 2 aliphatic carbocycles. The normalized spacial score (nSPS) is 25.2. The lowest BCUT2D eigenvalue weighted by Crippen LogP contribution is -2.28. The molecule has 0 aromatic rings. The molecule has 4 atom stereocenters. The zero-order chi connectivity index (χ0) is 23.0. The van der Waals surface area contributed by atoms with Crippen LogP contribution in [0.5, 0.6) is 0 Å². The summed E-state index contributed by atoms with van der Waals surface area (Å²) in [4.78, 5) is 0. The van der Waals surface area contributed by atoms with Crippen LogP contribution in [0.25, 0.3) is 0 Å². The topological polar surface area (TPSA) is 0 Å². The predicted octanol–water partition coefficient (Wildman–Crippen LogP) is 9.84. The molecule has 0 nitrogen and oxygen atoms in total. The third-order valence-corrected chi connectivity index (χ3v) is 9.58. The molecule has 0 radical (unpaired) electrons. The fourth-order valence-electron chi connectivity index (χ4n) is 6.33. The highest BCUT2D eigenvalue weighted by molar-refractivity contribution is 5.47. The van der Waals surface area contributed by atoms with Crippen molar-refractivity contribution < 1.29 is 0 Å². The Hall–Kier alpha value is -1.04. The Labute approximate surface area is 189 Å². The Morgan fingerprint density at radius 2 is 1.27 bits per heavy atom. The first kappa shape index (κ1) is 25.2. The number of rotatable bonds is 9. The van der Waals surface area contributed by atoms with E-state index < -0.39 is 0 Å². The van der Waals surface area contributed by atoms with E-state index in [4.69, 9.17) is 0 Å². The minimum Gasteiger partial charge on any atom is -0.0651 e. The zero-order valence-electron chi connectivity index (χ0n) is 22.3. The van der Waals surface area contributed by atoms with Gasteiger partial charge < -0.3 is 0 Å². The van der Waals surface area contributed by atoms with E-state index in [1.54, 1.807) is 44.6 Å². The van der Waals surface area contributed by atoms with Gasteiger partial charge in [-0.05, 0) is 112 Å². The summed E-state index contributed by atoms with van der Waals surface area (Å²) >= 11 is 0. The zero-order valence-corrected chi connectivity index (χ0v) is 22.3. The van der Waals surface area contributed by atoms with Crippen molar-refractivity contribution in [2.24, 2.45) is 29.1 Å². The van der Waals surface area contributed by atoms with Crippen molar-refractivity contribution in [2.45, 2.75) is 115 Å². The molecular weight excluding hydrogens is 360 g/mol. The predicted molar refractivity (Wildman–Crippen MR) is 136 cm³/mol. The summed E-state index contributed by atoms with van der Waals surface area (Å²) in [5.41, 5.74) is 13.3. The van der Waals surface area contributed by atoms with Gasteiger partial charge in [0.15, 0.2) is 0 Å². The van der Waals surface area contributed by atoms with Gasteiger partial charge in [-0.1, -0.05) is 76.7 Å². The van der Waals surface area contributed by atoms with Crippen LogP contribution in [-0.2, 0) is 0 Å². The average Bonchev–Trinajstić information content (AvgIpc) is 3.00. The lowest BCUT2D eigenvalue weighted by molar-refractivity contribution is 0.150. The average molecular weight is 411 g/mol. The van der Waals surface area contributed by atoms with Crippen LogP contribution in [0.2, 0.25) is 0 Å². The Morgan fingerprint density at radius 3 is 1.67 bits per heavy atom. The molecule has 2 aliphatic rings. The van der Waals surface area contributed by atoms with Gasteiger partial charge in [0.1, 0.15) is 0 Å². The smallest absolute Gasteiger partial charge is 0.00125 e. The van der Waals surface area contributed by atoms with E-state index in [9.17, 15) is 0 Å². The van der Waals surface area contributed by atoms with Gasteiger partial charge in [-0.25, -0.2) is 0 Å². The molecule has 0 aliphatic heterocycles. The van der Waals surface area contributed by atoms with Gasteiger partial charge in [-0.15, -0.1) is 0 Å². The van der Waals surface area contributed by atoms with Gasteiger partial charge in [0.2, 0.25) is 0 Å². The molecule has 0 aromatic heterocycles. The van der Waals surface area contributed by atoms with Crippen molar-refractivity contribution in [2.75, 3.05) is 0 Å². The van der Waals surface area contributed by atoms with E-state index in [0.717, 1.165) is 11.8 Å². The molecule has 170 valence electrons. The second-order valence-electron chi connectivity index (χ2n) is 11.4. The van der Waals surface area contributed by atoms with Crippen molar-refractivity contribution in [1.29, 1.82) is 0 Å². The fraction of sp³-hybridized carbons (Fsp3) is 0.733. The van der Waals surface area contributed by atoms with Gasteiger partial charge in [0.25, 0.3) is 0 Å². The van der Waals surface area contributed by atoms with Crippen LogP contribution in [0.4, 0.5) is 0 Å². The molecule has 0 heterocycles. The maximum Gasteiger partial charge on any atom is -0.00125 e. The van der Waals surface area contributed by atoms with Crippen LogP contribution in [0.1, 0.15) is 115 Å². The second kappa shape index (κ2) is 9.62. The van der Waals surface area contributed by atoms with Crippen LogP contribution in [0.15, 0.2) is 44.6 Å². The van der Waals surface area contributed by atoms with E-state index in [1.807, 2.05) is 0 Å². The summed E-state index contributed by atoms with van der Waals surface area (Å²) in [7, 11) is 0. The fourth-order valence-corrected chi connectivity index (χ4v) is 6.33. The molecule has 2 rings (SSSR count). The third-order valence-electron chi connectivity index (χ3n) is 9.58. The third kappa shape index (κ3) is 4.73. The van der Waals surface area contributed by atoms with Crippen LogP contribution in [0.3, 0.4) is 0 Å². The lowest BCUT2D eigenvalue weighted by atomic mass is 9.67. The first-order valence-corrected chi connectivity index (χ1v) is 12.6. The molecule has 0 bridgehead atoms. The van der Waals surface area contributed by atoms with Gasteiger partial charge in [-0.2, -0.15) is 0 Å². The van der Waals surface area contributed by atoms with Gasteiger partial charge >= 0.3 is 0 Å². The molecule has 0 aromatic carbocycles. The maximum absolute atomic E-state index is 2.55. The quantitative estimate of drug-likeness (QED) is 0.355. The van der Waals surface area contributed by atoms with Gasteiger partial charge in [0.05, 0.1) is 0 Å². The molecule has 0 spiro atoms. The molecule has 4 unspecified atom stereocenters. The Bertz CT molecular complexity index is 777. The summed E-state index contributed by atoms with van der Waals surface area (Å²) in [5.74, 6) is 2.82. The van der Waals surface area contributed by atoms with Crippen LogP contribution < -0.4 is 0 Å². The van der Waals surface area contributed by atoms with Crippen LogP contribution in [-0.4, -0.2) is 0 Å². The minimum absolute atomic E-state index is 0.373. The maximum atomic E-state index is 2.55. The van der Waals surface area contributed by atoms with Crippen molar-refractivity contribution >= 4 is 0 Å². The molecule has 30 heavy (non-hydrogen) atoms. The van der Waals surface area contributed by atoms with E-state index >= 15 is 0 Å². The highest BCUT2D eigenvalue weighted by Gasteiger charge is 2.35. The van der Waals surface area contributed by atoms with Crippen molar-refractivity contribution in [3.8, 4) is 0 Å². The summed E-state index contributed by atoms with van der Waals surface area (Å²) in [6, 6.07) is 0. The summed E-state index contributed by atoms with van der Waals surface area (Å²) in [6.07, 6.45) is 6.45. The van der Waals surface area contributed by atoms with Crippen LogP contribution >= 0.6 is 0 Å². The largest absolute Gasteiger partial charge is 0.0651 e. The first-order valence-electron chi connectivity index (χ1n) is 12.6. The lowest BCUT2D eigenvalue weighted by Gasteiger charge is -2.38. The van der Waals surface area contributed by atoms with Gasteiger partial charge in [-0.3, -0.25) is 0 Å². The Kier molecular flexibility index (Phi) is 8.09. The monoisotopic (exact) mass is 410 g/mol. The van der Waals surface area contributed by atoms with E-state index in [-0.39, 0.29) is 0 Å². The Balaban J connectivity index is 2.17. The van der Waals surface area contributed by atoms with Crippen molar-refractivity contribution in [3.63, 3.8) is 0 Å². The molecule has 0 N–H and O–H groups in total. The van der Waals surface area contributed by atoms with Gasteiger partial charge in [0, 0.05) is 0 Å². The minimum atomic E-state index is 0.373. The molecule has 0 fully saturated rings. The summed E-state index contributed by atoms with van der Waals surface area (Å²) in [6.45, 7) is 28.8. The summed E-state index contributed by atoms with van der Waals surface area (Å²) < 4.78 is 0. The molecule has 0 heteroatoms. The van der Waals surface area contributed by atoms with Crippen molar-refractivity contribution in [1.82, 2.24) is 0 Å². The molecular formula is C30H50. The number of allylic oxidation sites excluding steroid dienone is 8. The van der Waals surface area contributed by atoms with Crippen LogP contribution in [0, 0.1) is 29.1 Å². The second-order valence-corrected chi connectivity index (χ2v) is 11.4. The standard InChI is InChI=1S/C30H50/c1-13-26(15-28-22(7)18(3)19(4)23(28)8)17-30(11,12)27(14-2)16-29-24(9)20(5)21(6)25(29)10/h18,24,26-27H,13-17H2,1-12H3. The highest BCUT2D eigenvalue weighted by Crippen LogP contribution is 2.48. The molecule has 0 saturated heterocycles. The van der Waals surface area contributed by atoms with E-state index in [1.165, 1.54) is 32.1 Å².